The summed E-state index contributed by atoms with van der Waals surface area (Å²) in [7, 11) is 0. The van der Waals surface area contributed by atoms with Crippen LogP contribution in [-0.2, 0) is 0 Å². The summed E-state index contributed by atoms with van der Waals surface area (Å²) < 4.78 is 13.1. The molecule has 0 aliphatic carbocycles. The zero-order chi connectivity index (χ0) is 18.9. The molecule has 150 valence electrons. The quantitative estimate of drug-likeness (QED) is 0.451. The summed E-state index contributed by atoms with van der Waals surface area (Å²) in [5.74, 6) is 0.862. The molecule has 0 amide bonds. The first kappa shape index (κ1) is 19.9. The second-order valence-electron chi connectivity index (χ2n) is 7.44. The first-order valence-electron chi connectivity index (χ1n) is 10.5. The third kappa shape index (κ3) is 6.09. The molecule has 6 heteroatoms. The van der Waals surface area contributed by atoms with Gasteiger partial charge in [0.25, 0.3) is 0 Å². The first-order valence-corrected chi connectivity index (χ1v) is 10.5. The Labute approximate surface area is 163 Å². The van der Waals surface area contributed by atoms with Crippen molar-refractivity contribution in [3.8, 4) is 0 Å². The van der Waals surface area contributed by atoms with E-state index in [1.54, 1.807) is 0 Å². The average molecular weight is 376 g/mol. The number of hydrogen-bond donors (Lipinski definition) is 1. The molecule has 0 radical (unpaired) electrons. The highest BCUT2D eigenvalue weighted by Gasteiger charge is 2.19. The molecule has 0 aromatic heterocycles. The minimum absolute atomic E-state index is 0.177. The van der Waals surface area contributed by atoms with Gasteiger partial charge in [-0.1, -0.05) is 0 Å². The number of likely N-dealkylation sites (tertiary alicyclic amines) is 1. The fraction of sp³-hybridized carbons (Fsp3) is 0.667. The van der Waals surface area contributed by atoms with E-state index in [4.69, 9.17) is 4.99 Å². The van der Waals surface area contributed by atoms with Crippen LogP contribution in [0.15, 0.2) is 29.3 Å². The number of piperazine rings is 1. The van der Waals surface area contributed by atoms with Crippen molar-refractivity contribution in [3.05, 3.63) is 30.1 Å². The molecule has 1 N–H and O–H groups in total. The number of guanidine groups is 1. The van der Waals surface area contributed by atoms with Gasteiger partial charge in [0.15, 0.2) is 5.96 Å². The number of nitrogens with one attached hydrogen (secondary N) is 1. The van der Waals surface area contributed by atoms with Crippen LogP contribution in [0, 0.1) is 5.82 Å². The van der Waals surface area contributed by atoms with Gasteiger partial charge in [0.2, 0.25) is 0 Å². The van der Waals surface area contributed by atoms with Gasteiger partial charge in [-0.2, -0.15) is 0 Å². The summed E-state index contributed by atoms with van der Waals surface area (Å²) in [6, 6.07) is 6.81. The van der Waals surface area contributed by atoms with Crippen LogP contribution in [0.3, 0.4) is 0 Å². The van der Waals surface area contributed by atoms with Crippen LogP contribution in [0.2, 0.25) is 0 Å². The van der Waals surface area contributed by atoms with Crippen molar-refractivity contribution >= 4 is 11.6 Å². The van der Waals surface area contributed by atoms with Crippen LogP contribution in [0.4, 0.5) is 10.1 Å². The molecule has 5 nitrogen and oxygen atoms in total. The maximum Gasteiger partial charge on any atom is 0.194 e. The summed E-state index contributed by atoms with van der Waals surface area (Å²) >= 11 is 0. The van der Waals surface area contributed by atoms with Crippen molar-refractivity contribution < 1.29 is 4.39 Å². The Hall–Kier alpha value is -1.82. The van der Waals surface area contributed by atoms with Crippen molar-refractivity contribution in [2.24, 2.45) is 4.99 Å². The van der Waals surface area contributed by atoms with Gasteiger partial charge < -0.3 is 20.0 Å². The number of unbranched alkanes of at least 4 members (excludes halogenated alkanes) is 1. The molecule has 3 rings (SSSR count). The number of rotatable bonds is 7. The van der Waals surface area contributed by atoms with Gasteiger partial charge in [-0.15, -0.1) is 0 Å². The summed E-state index contributed by atoms with van der Waals surface area (Å²) in [5, 5.41) is 3.44. The van der Waals surface area contributed by atoms with Gasteiger partial charge in [0.1, 0.15) is 5.82 Å². The number of nitrogens with zero attached hydrogens (tertiary/aromatic N) is 4. The van der Waals surface area contributed by atoms with Crippen LogP contribution in [0.25, 0.3) is 0 Å². The molecule has 2 aliphatic heterocycles. The zero-order valence-corrected chi connectivity index (χ0v) is 16.7. The predicted molar refractivity (Wildman–Crippen MR) is 111 cm³/mol. The Balaban J connectivity index is 1.43. The molecular weight excluding hydrogens is 341 g/mol. The Bertz CT molecular complexity index is 575. The van der Waals surface area contributed by atoms with E-state index in [9.17, 15) is 4.39 Å². The number of anilines is 1. The van der Waals surface area contributed by atoms with Gasteiger partial charge >= 0.3 is 0 Å². The van der Waals surface area contributed by atoms with Crippen molar-refractivity contribution in [2.75, 3.05) is 63.8 Å². The van der Waals surface area contributed by atoms with E-state index in [1.807, 2.05) is 12.1 Å². The highest BCUT2D eigenvalue weighted by Crippen LogP contribution is 2.17. The number of aliphatic imine (C=N–C) groups is 1. The Morgan fingerprint density at radius 1 is 1.00 bits per heavy atom. The van der Waals surface area contributed by atoms with Crippen LogP contribution in [-0.4, -0.2) is 74.7 Å². The summed E-state index contributed by atoms with van der Waals surface area (Å²) in [6.45, 7) is 11.5. The minimum Gasteiger partial charge on any atom is -0.368 e. The molecule has 1 aromatic rings. The lowest BCUT2D eigenvalue weighted by Gasteiger charge is -2.37. The van der Waals surface area contributed by atoms with Crippen molar-refractivity contribution in [1.29, 1.82) is 0 Å². The second-order valence-corrected chi connectivity index (χ2v) is 7.44. The molecule has 0 bridgehead atoms. The van der Waals surface area contributed by atoms with Gasteiger partial charge in [-0.3, -0.25) is 4.99 Å². The predicted octanol–water partition coefficient (Wildman–Crippen LogP) is 2.79. The molecule has 0 spiro atoms. The summed E-state index contributed by atoms with van der Waals surface area (Å²) in [4.78, 5) is 12.1. The third-order valence-electron chi connectivity index (χ3n) is 5.45. The lowest BCUT2D eigenvalue weighted by Crippen LogP contribution is -2.52. The largest absolute Gasteiger partial charge is 0.368 e. The van der Waals surface area contributed by atoms with E-state index in [2.05, 4.69) is 26.9 Å². The van der Waals surface area contributed by atoms with Gasteiger partial charge in [-0.05, 0) is 76.5 Å². The first-order chi connectivity index (χ1) is 13.3. The second kappa shape index (κ2) is 10.5. The third-order valence-corrected chi connectivity index (χ3v) is 5.45. The normalized spacial score (nSPS) is 19.0. The van der Waals surface area contributed by atoms with Gasteiger partial charge in [0.05, 0.1) is 0 Å². The maximum absolute atomic E-state index is 13.1. The lowest BCUT2D eigenvalue weighted by atomic mass is 10.2. The van der Waals surface area contributed by atoms with E-state index >= 15 is 0 Å². The highest BCUT2D eigenvalue weighted by atomic mass is 19.1. The van der Waals surface area contributed by atoms with E-state index in [0.717, 1.165) is 57.3 Å². The monoisotopic (exact) mass is 375 g/mol. The molecule has 2 heterocycles. The van der Waals surface area contributed by atoms with Crippen LogP contribution >= 0.6 is 0 Å². The van der Waals surface area contributed by atoms with E-state index in [-0.39, 0.29) is 5.82 Å². The lowest BCUT2D eigenvalue weighted by molar-refractivity contribution is 0.330. The molecule has 0 atom stereocenters. The topological polar surface area (TPSA) is 34.1 Å². The number of hydrogen-bond acceptors (Lipinski definition) is 3. The highest BCUT2D eigenvalue weighted by molar-refractivity contribution is 5.80. The van der Waals surface area contributed by atoms with E-state index in [1.165, 1.54) is 51.0 Å². The average Bonchev–Trinajstić information content (AvgIpc) is 3.21. The molecule has 2 saturated heterocycles. The summed E-state index contributed by atoms with van der Waals surface area (Å²) in [6.07, 6.45) is 5.13. The molecule has 2 fully saturated rings. The van der Waals surface area contributed by atoms with Gasteiger partial charge in [0, 0.05) is 45.0 Å². The number of benzene rings is 1. The van der Waals surface area contributed by atoms with Crippen LogP contribution < -0.4 is 10.2 Å². The van der Waals surface area contributed by atoms with Crippen molar-refractivity contribution in [1.82, 2.24) is 15.1 Å². The van der Waals surface area contributed by atoms with E-state index < -0.39 is 0 Å². The van der Waals surface area contributed by atoms with Crippen LogP contribution in [0.5, 0.6) is 0 Å². The summed E-state index contributed by atoms with van der Waals surface area (Å²) in [5.41, 5.74) is 1.10. The maximum atomic E-state index is 13.1. The smallest absolute Gasteiger partial charge is 0.194 e. The zero-order valence-electron chi connectivity index (χ0n) is 16.7. The Morgan fingerprint density at radius 3 is 2.37 bits per heavy atom. The SMILES string of the molecule is CCNC(=NCCCCN1CCCC1)N1CCN(c2ccc(F)cc2)CC1. The molecule has 2 aliphatic rings. The molecule has 1 aromatic carbocycles. The Kier molecular flexibility index (Phi) is 7.75. The fourth-order valence-corrected chi connectivity index (χ4v) is 3.89. The molecular formula is C21H34FN5. The van der Waals surface area contributed by atoms with Crippen molar-refractivity contribution in [2.45, 2.75) is 32.6 Å². The molecule has 0 saturated carbocycles. The standard InChI is InChI=1S/C21H34FN5/c1-2-23-21(24-11-3-4-12-25-13-5-6-14-25)27-17-15-26(16-18-27)20-9-7-19(22)8-10-20/h7-10H,2-6,11-18H2,1H3,(H,23,24). The molecule has 27 heavy (non-hydrogen) atoms. The van der Waals surface area contributed by atoms with Crippen LogP contribution in [0.1, 0.15) is 32.6 Å². The van der Waals surface area contributed by atoms with Gasteiger partial charge in [-0.25, -0.2) is 4.39 Å². The van der Waals surface area contributed by atoms with Crippen molar-refractivity contribution in [3.63, 3.8) is 0 Å². The fourth-order valence-electron chi connectivity index (χ4n) is 3.89. The number of halogens is 1. The Morgan fingerprint density at radius 2 is 1.70 bits per heavy atom. The molecule has 0 unspecified atom stereocenters. The van der Waals surface area contributed by atoms with E-state index in [0.29, 0.717) is 0 Å². The minimum atomic E-state index is -0.177.